The molecular formula is C24H23N3O4S2. The number of thiocarbonyl (C=S) groups is 1. The monoisotopic (exact) mass is 481 g/mol. The Labute approximate surface area is 198 Å². The molecule has 170 valence electrons. The van der Waals surface area contributed by atoms with Crippen molar-refractivity contribution in [1.29, 1.82) is 0 Å². The number of nitrogens with zero attached hydrogens (tertiary/aromatic N) is 1. The quantitative estimate of drug-likeness (QED) is 0.413. The van der Waals surface area contributed by atoms with E-state index in [0.29, 0.717) is 16.8 Å². The maximum atomic E-state index is 13.0. The Morgan fingerprint density at radius 3 is 2.12 bits per heavy atom. The van der Waals surface area contributed by atoms with Crippen LogP contribution in [0.15, 0.2) is 77.7 Å². The minimum atomic E-state index is -3.59. The summed E-state index contributed by atoms with van der Waals surface area (Å²) < 4.78 is 25.4. The van der Waals surface area contributed by atoms with Gasteiger partial charge in [-0.05, 0) is 55.5 Å². The van der Waals surface area contributed by atoms with Gasteiger partial charge in [0.2, 0.25) is 10.0 Å². The summed E-state index contributed by atoms with van der Waals surface area (Å²) in [6.07, 6.45) is 0. The fourth-order valence-electron chi connectivity index (χ4n) is 3.02. The largest absolute Gasteiger partial charge is 0.332 e. The second-order valence-electron chi connectivity index (χ2n) is 7.46. The Hall–Kier alpha value is -3.40. The Morgan fingerprint density at radius 1 is 0.879 bits per heavy atom. The second kappa shape index (κ2) is 10.0. The topological polar surface area (TPSA) is 95.6 Å². The summed E-state index contributed by atoms with van der Waals surface area (Å²) in [7, 11) is -0.726. The molecule has 0 fully saturated rings. The Morgan fingerprint density at radius 2 is 1.52 bits per heavy atom. The normalized spacial score (nSPS) is 11.2. The third kappa shape index (κ3) is 5.70. The van der Waals surface area contributed by atoms with Crippen molar-refractivity contribution in [1.82, 2.24) is 9.62 Å². The third-order valence-corrected chi connectivity index (χ3v) is 6.86. The molecule has 3 aromatic rings. The highest BCUT2D eigenvalue weighted by Crippen LogP contribution is 2.21. The maximum Gasteiger partial charge on any atom is 0.257 e. The molecule has 0 saturated heterocycles. The number of ketones is 1. The lowest BCUT2D eigenvalue weighted by Crippen LogP contribution is -2.34. The van der Waals surface area contributed by atoms with Gasteiger partial charge in [-0.2, -0.15) is 0 Å². The predicted molar refractivity (Wildman–Crippen MR) is 132 cm³/mol. The van der Waals surface area contributed by atoms with Gasteiger partial charge < -0.3 is 5.32 Å². The van der Waals surface area contributed by atoms with E-state index in [1.165, 1.54) is 38.4 Å². The minimum absolute atomic E-state index is 0.0101. The van der Waals surface area contributed by atoms with Crippen molar-refractivity contribution in [3.63, 3.8) is 0 Å². The van der Waals surface area contributed by atoms with E-state index >= 15 is 0 Å². The van der Waals surface area contributed by atoms with Crippen LogP contribution in [0.25, 0.3) is 0 Å². The summed E-state index contributed by atoms with van der Waals surface area (Å²) in [5, 5.41) is 5.48. The van der Waals surface area contributed by atoms with Gasteiger partial charge in [0.1, 0.15) is 0 Å². The Kier molecular flexibility index (Phi) is 7.37. The first-order valence-corrected chi connectivity index (χ1v) is 11.8. The van der Waals surface area contributed by atoms with Gasteiger partial charge in [0, 0.05) is 30.8 Å². The first kappa shape index (κ1) is 24.2. The van der Waals surface area contributed by atoms with Crippen LogP contribution in [0.3, 0.4) is 0 Å². The molecule has 3 aromatic carbocycles. The number of hydrogen-bond acceptors (Lipinski definition) is 5. The number of rotatable bonds is 6. The number of hydrogen-bond donors (Lipinski definition) is 2. The van der Waals surface area contributed by atoms with Gasteiger partial charge in [-0.15, -0.1) is 0 Å². The van der Waals surface area contributed by atoms with Gasteiger partial charge in [0.25, 0.3) is 5.91 Å². The van der Waals surface area contributed by atoms with Gasteiger partial charge in [-0.25, -0.2) is 12.7 Å². The smallest absolute Gasteiger partial charge is 0.257 e. The summed E-state index contributed by atoms with van der Waals surface area (Å²) in [5.74, 6) is -0.682. The standard InChI is InChI=1S/C24H23N3O4S2/c1-16-9-14-21(20(15-16)22(28)17-7-5-4-6-8-17)25-24(32)26-23(29)18-10-12-19(13-11-18)33(30,31)27(2)3/h4-15H,1-3H3,(H2,25,26,29,32). The van der Waals surface area contributed by atoms with Crippen molar-refractivity contribution in [2.24, 2.45) is 0 Å². The predicted octanol–water partition coefficient (Wildman–Crippen LogP) is 3.60. The molecule has 0 bridgehead atoms. The van der Waals surface area contributed by atoms with E-state index < -0.39 is 15.9 Å². The molecule has 0 spiro atoms. The van der Waals surface area contributed by atoms with Crippen molar-refractivity contribution in [3.05, 3.63) is 95.1 Å². The van der Waals surface area contributed by atoms with Crippen LogP contribution in [-0.2, 0) is 10.0 Å². The zero-order chi connectivity index (χ0) is 24.2. The van der Waals surface area contributed by atoms with Crippen LogP contribution in [0.5, 0.6) is 0 Å². The molecule has 0 heterocycles. The lowest BCUT2D eigenvalue weighted by molar-refractivity contribution is 0.0976. The van der Waals surface area contributed by atoms with Gasteiger partial charge in [-0.3, -0.25) is 14.9 Å². The molecular weight excluding hydrogens is 458 g/mol. The first-order valence-electron chi connectivity index (χ1n) is 9.95. The van der Waals surface area contributed by atoms with E-state index in [2.05, 4.69) is 10.6 Å². The molecule has 9 heteroatoms. The summed E-state index contributed by atoms with van der Waals surface area (Å²) in [6, 6.07) is 19.7. The van der Waals surface area contributed by atoms with Crippen LogP contribution in [0.4, 0.5) is 5.69 Å². The molecule has 1 amide bonds. The molecule has 0 aliphatic rings. The molecule has 0 aromatic heterocycles. The van der Waals surface area contributed by atoms with Crippen molar-refractivity contribution in [2.75, 3.05) is 19.4 Å². The molecule has 0 atom stereocenters. The van der Waals surface area contributed by atoms with Crippen LogP contribution < -0.4 is 10.6 Å². The zero-order valence-electron chi connectivity index (χ0n) is 18.3. The zero-order valence-corrected chi connectivity index (χ0v) is 20.0. The first-order chi connectivity index (χ1) is 15.6. The SMILES string of the molecule is Cc1ccc(NC(=S)NC(=O)c2ccc(S(=O)(=O)N(C)C)cc2)c(C(=O)c2ccccc2)c1. The second-order valence-corrected chi connectivity index (χ2v) is 10.0. The highest BCUT2D eigenvalue weighted by Gasteiger charge is 2.19. The van der Waals surface area contributed by atoms with Crippen molar-refractivity contribution in [2.45, 2.75) is 11.8 Å². The van der Waals surface area contributed by atoms with E-state index in [1.807, 2.05) is 19.1 Å². The number of carbonyl (C=O) groups is 2. The summed E-state index contributed by atoms with van der Waals surface area (Å²) in [5.41, 5.74) is 2.57. The van der Waals surface area contributed by atoms with Gasteiger partial charge in [0.05, 0.1) is 10.6 Å². The van der Waals surface area contributed by atoms with Crippen LogP contribution in [0.2, 0.25) is 0 Å². The number of carbonyl (C=O) groups excluding carboxylic acids is 2. The molecule has 0 radical (unpaired) electrons. The van der Waals surface area contributed by atoms with E-state index in [0.717, 1.165) is 9.87 Å². The Bertz CT molecular complexity index is 1300. The molecule has 3 rings (SSSR count). The van der Waals surface area contributed by atoms with E-state index in [1.54, 1.807) is 36.4 Å². The molecule has 0 saturated carbocycles. The lowest BCUT2D eigenvalue weighted by atomic mass is 10.00. The number of aryl methyl sites for hydroxylation is 1. The summed E-state index contributed by atoms with van der Waals surface area (Å²) >= 11 is 5.27. The number of amides is 1. The van der Waals surface area contributed by atoms with Crippen LogP contribution >= 0.6 is 12.2 Å². The van der Waals surface area contributed by atoms with Crippen molar-refractivity contribution in [3.8, 4) is 0 Å². The molecule has 0 aliphatic heterocycles. The number of nitrogens with one attached hydrogen (secondary N) is 2. The molecule has 0 aliphatic carbocycles. The Balaban J connectivity index is 1.75. The van der Waals surface area contributed by atoms with E-state index in [4.69, 9.17) is 12.2 Å². The lowest BCUT2D eigenvalue weighted by Gasteiger charge is -2.14. The number of benzene rings is 3. The maximum absolute atomic E-state index is 13.0. The van der Waals surface area contributed by atoms with Crippen LogP contribution in [0.1, 0.15) is 31.8 Å². The minimum Gasteiger partial charge on any atom is -0.332 e. The molecule has 33 heavy (non-hydrogen) atoms. The third-order valence-electron chi connectivity index (χ3n) is 4.83. The molecule has 7 nitrogen and oxygen atoms in total. The summed E-state index contributed by atoms with van der Waals surface area (Å²) in [6.45, 7) is 1.88. The van der Waals surface area contributed by atoms with Crippen LogP contribution in [-0.4, -0.2) is 43.6 Å². The highest BCUT2D eigenvalue weighted by molar-refractivity contribution is 7.89. The van der Waals surface area contributed by atoms with Crippen LogP contribution in [0, 0.1) is 6.92 Å². The fraction of sp³-hybridized carbons (Fsp3) is 0.125. The van der Waals surface area contributed by atoms with Gasteiger partial charge in [-0.1, -0.05) is 42.0 Å². The average Bonchev–Trinajstić information content (AvgIpc) is 2.80. The van der Waals surface area contributed by atoms with Gasteiger partial charge in [0.15, 0.2) is 10.9 Å². The molecule has 0 unspecified atom stereocenters. The van der Waals surface area contributed by atoms with Gasteiger partial charge >= 0.3 is 0 Å². The number of sulfonamides is 1. The molecule has 2 N–H and O–H groups in total. The van der Waals surface area contributed by atoms with E-state index in [9.17, 15) is 18.0 Å². The number of anilines is 1. The fourth-order valence-corrected chi connectivity index (χ4v) is 4.12. The van der Waals surface area contributed by atoms with E-state index in [-0.39, 0.29) is 21.4 Å². The highest BCUT2D eigenvalue weighted by atomic mass is 32.2. The average molecular weight is 482 g/mol. The van der Waals surface area contributed by atoms with Crippen molar-refractivity contribution < 1.29 is 18.0 Å². The summed E-state index contributed by atoms with van der Waals surface area (Å²) in [4.78, 5) is 25.6. The van der Waals surface area contributed by atoms with Crippen molar-refractivity contribution >= 4 is 44.7 Å².